The molecule has 0 aromatic heterocycles. The molecule has 0 bridgehead atoms. The number of piperazine rings is 1. The average molecular weight is 443 g/mol. The van der Waals surface area contributed by atoms with Crippen molar-refractivity contribution in [3.05, 3.63) is 59.2 Å². The fourth-order valence-electron chi connectivity index (χ4n) is 4.40. The van der Waals surface area contributed by atoms with Gasteiger partial charge in [0.15, 0.2) is 6.04 Å². The van der Waals surface area contributed by atoms with Crippen LogP contribution in [0.4, 0.5) is 5.69 Å². The summed E-state index contributed by atoms with van der Waals surface area (Å²) in [4.78, 5) is 28.3. The first-order chi connectivity index (χ1) is 14.7. The number of amides is 2. The van der Waals surface area contributed by atoms with Crippen molar-refractivity contribution in [3.63, 3.8) is 0 Å². The summed E-state index contributed by atoms with van der Waals surface area (Å²) >= 11 is 0. The Morgan fingerprint density at radius 2 is 1.58 bits per heavy atom. The Morgan fingerprint density at radius 3 is 2.23 bits per heavy atom. The van der Waals surface area contributed by atoms with E-state index in [1.54, 1.807) is 18.2 Å². The van der Waals surface area contributed by atoms with Crippen molar-refractivity contribution in [2.24, 2.45) is 0 Å². The minimum Gasteiger partial charge on any atom is -0.322 e. The molecule has 2 aliphatic rings. The van der Waals surface area contributed by atoms with Gasteiger partial charge in [-0.05, 0) is 55.7 Å². The van der Waals surface area contributed by atoms with Crippen molar-refractivity contribution in [2.75, 3.05) is 31.1 Å². The minimum absolute atomic E-state index is 0.159. The van der Waals surface area contributed by atoms with Gasteiger partial charge in [-0.25, -0.2) is 13.3 Å². The SMILES string of the molecule is Cc1ccc(S(=O)(=O)N2CC[NH+]([C@@H]3CC(=O)N(c4ccccc4C)C3=O)CC2)cc1C. The van der Waals surface area contributed by atoms with Crippen molar-refractivity contribution >= 4 is 27.5 Å². The third-order valence-electron chi connectivity index (χ3n) is 6.48. The Morgan fingerprint density at radius 1 is 0.903 bits per heavy atom. The molecular formula is C23H28N3O4S+. The molecule has 7 nitrogen and oxygen atoms in total. The minimum atomic E-state index is -3.57. The molecule has 2 amide bonds. The molecule has 4 rings (SSSR count). The lowest BCUT2D eigenvalue weighted by molar-refractivity contribution is -0.918. The Hall–Kier alpha value is -2.55. The maximum absolute atomic E-state index is 13.1. The van der Waals surface area contributed by atoms with E-state index in [4.69, 9.17) is 0 Å². The van der Waals surface area contributed by atoms with Gasteiger partial charge in [0.05, 0.1) is 43.2 Å². The van der Waals surface area contributed by atoms with Crippen molar-refractivity contribution in [1.29, 1.82) is 0 Å². The molecule has 0 radical (unpaired) electrons. The summed E-state index contributed by atoms with van der Waals surface area (Å²) in [5, 5.41) is 0. The van der Waals surface area contributed by atoms with Crippen LogP contribution in [0.1, 0.15) is 23.1 Å². The molecule has 0 unspecified atom stereocenters. The van der Waals surface area contributed by atoms with Crippen LogP contribution in [0, 0.1) is 20.8 Å². The zero-order valence-electron chi connectivity index (χ0n) is 18.1. The van der Waals surface area contributed by atoms with Gasteiger partial charge in [-0.2, -0.15) is 4.31 Å². The molecule has 0 saturated carbocycles. The quantitative estimate of drug-likeness (QED) is 0.712. The largest absolute Gasteiger partial charge is 0.322 e. The van der Waals surface area contributed by atoms with Gasteiger partial charge in [0.25, 0.3) is 5.91 Å². The van der Waals surface area contributed by atoms with Crippen molar-refractivity contribution < 1.29 is 22.9 Å². The summed E-state index contributed by atoms with van der Waals surface area (Å²) in [7, 11) is -3.57. The lowest BCUT2D eigenvalue weighted by atomic mass is 10.1. The second-order valence-corrected chi connectivity index (χ2v) is 10.4. The number of rotatable bonds is 4. The number of hydrogen-bond acceptors (Lipinski definition) is 4. The van der Waals surface area contributed by atoms with E-state index in [0.29, 0.717) is 36.8 Å². The van der Waals surface area contributed by atoms with Crippen molar-refractivity contribution in [1.82, 2.24) is 4.31 Å². The van der Waals surface area contributed by atoms with Crippen LogP contribution < -0.4 is 9.80 Å². The number of anilines is 1. The highest BCUT2D eigenvalue weighted by atomic mass is 32.2. The zero-order valence-corrected chi connectivity index (χ0v) is 18.9. The van der Waals surface area contributed by atoms with E-state index in [0.717, 1.165) is 21.6 Å². The van der Waals surface area contributed by atoms with Gasteiger partial charge in [0.2, 0.25) is 15.9 Å². The van der Waals surface area contributed by atoms with Gasteiger partial charge in [-0.1, -0.05) is 24.3 Å². The first-order valence-electron chi connectivity index (χ1n) is 10.5. The van der Waals surface area contributed by atoms with Crippen molar-refractivity contribution in [2.45, 2.75) is 38.1 Å². The monoisotopic (exact) mass is 442 g/mol. The van der Waals surface area contributed by atoms with Crippen LogP contribution in [0.5, 0.6) is 0 Å². The standard InChI is InChI=1S/C23H27N3O4S/c1-16-8-9-19(14-18(16)3)31(29,30)25-12-10-24(11-13-25)21-15-22(27)26(23(21)28)20-7-5-4-6-17(20)2/h4-9,14,21H,10-13,15H2,1-3H3/p+1/t21-/m1/s1. The number of nitrogens with one attached hydrogen (secondary N) is 1. The normalized spacial score (nSPS) is 21.1. The highest BCUT2D eigenvalue weighted by Crippen LogP contribution is 2.25. The molecule has 31 heavy (non-hydrogen) atoms. The number of hydrogen-bond donors (Lipinski definition) is 1. The average Bonchev–Trinajstić information content (AvgIpc) is 3.04. The fraction of sp³-hybridized carbons (Fsp3) is 0.391. The van der Waals surface area contributed by atoms with Crippen LogP contribution in [-0.4, -0.2) is 56.8 Å². The van der Waals surface area contributed by atoms with Gasteiger partial charge in [-0.3, -0.25) is 9.59 Å². The summed E-state index contributed by atoms with van der Waals surface area (Å²) in [6.45, 7) is 7.38. The first-order valence-corrected chi connectivity index (χ1v) is 12.0. The Balaban J connectivity index is 1.46. The van der Waals surface area contributed by atoms with Crippen LogP contribution in [0.15, 0.2) is 47.4 Å². The first kappa shape index (κ1) is 21.7. The van der Waals surface area contributed by atoms with Gasteiger partial charge < -0.3 is 4.90 Å². The van der Waals surface area contributed by atoms with Gasteiger partial charge in [0.1, 0.15) is 0 Å². The fourth-order valence-corrected chi connectivity index (χ4v) is 5.93. The number of para-hydroxylation sites is 1. The number of imide groups is 1. The predicted octanol–water partition coefficient (Wildman–Crippen LogP) is 0.833. The lowest BCUT2D eigenvalue weighted by Crippen LogP contribution is -3.19. The predicted molar refractivity (Wildman–Crippen MR) is 117 cm³/mol. The van der Waals surface area contributed by atoms with E-state index < -0.39 is 16.1 Å². The maximum atomic E-state index is 13.1. The van der Waals surface area contributed by atoms with E-state index in [1.807, 2.05) is 45.0 Å². The summed E-state index contributed by atoms with van der Waals surface area (Å²) < 4.78 is 27.6. The van der Waals surface area contributed by atoms with E-state index in [9.17, 15) is 18.0 Å². The Bertz CT molecular complexity index is 1140. The maximum Gasteiger partial charge on any atom is 0.292 e. The zero-order chi connectivity index (χ0) is 22.3. The highest BCUT2D eigenvalue weighted by Gasteiger charge is 2.47. The smallest absolute Gasteiger partial charge is 0.292 e. The second-order valence-electron chi connectivity index (χ2n) is 8.42. The van der Waals surface area contributed by atoms with E-state index in [1.165, 1.54) is 9.21 Å². The van der Waals surface area contributed by atoms with Crippen LogP contribution in [0.3, 0.4) is 0 Å². The summed E-state index contributed by atoms with van der Waals surface area (Å²) in [5.41, 5.74) is 3.51. The molecule has 2 saturated heterocycles. The molecule has 1 N–H and O–H groups in total. The van der Waals surface area contributed by atoms with Gasteiger partial charge >= 0.3 is 0 Å². The van der Waals surface area contributed by atoms with Gasteiger partial charge in [-0.15, -0.1) is 0 Å². The molecule has 0 spiro atoms. The van der Waals surface area contributed by atoms with Crippen LogP contribution in [0.2, 0.25) is 0 Å². The summed E-state index contributed by atoms with van der Waals surface area (Å²) in [6, 6.07) is 12.1. The number of carbonyl (C=O) groups excluding carboxylic acids is 2. The number of carbonyl (C=O) groups is 2. The lowest BCUT2D eigenvalue weighted by Gasteiger charge is -2.33. The Labute approximate surface area is 183 Å². The molecule has 2 aromatic rings. The molecule has 2 aromatic carbocycles. The summed E-state index contributed by atoms with van der Waals surface area (Å²) in [5.74, 6) is -0.387. The summed E-state index contributed by atoms with van der Waals surface area (Å²) in [6.07, 6.45) is 0.159. The molecule has 164 valence electrons. The second kappa shape index (κ2) is 8.18. The molecule has 2 fully saturated rings. The van der Waals surface area contributed by atoms with Gasteiger partial charge in [0, 0.05) is 0 Å². The molecule has 0 aliphatic carbocycles. The van der Waals surface area contributed by atoms with Crippen LogP contribution in [0.25, 0.3) is 0 Å². The number of nitrogens with zero attached hydrogens (tertiary/aromatic N) is 2. The number of benzene rings is 2. The van der Waals surface area contributed by atoms with E-state index in [-0.39, 0.29) is 18.2 Å². The Kier molecular flexibility index (Phi) is 5.72. The van der Waals surface area contributed by atoms with Crippen molar-refractivity contribution in [3.8, 4) is 0 Å². The third-order valence-corrected chi connectivity index (χ3v) is 8.37. The molecule has 8 heteroatoms. The molecular weight excluding hydrogens is 414 g/mol. The van der Waals surface area contributed by atoms with E-state index in [2.05, 4.69) is 0 Å². The number of aryl methyl sites for hydroxylation is 3. The molecule has 2 aliphatic heterocycles. The molecule has 1 atom stereocenters. The van der Waals surface area contributed by atoms with Crippen LogP contribution >= 0.6 is 0 Å². The number of sulfonamides is 1. The van der Waals surface area contributed by atoms with E-state index >= 15 is 0 Å². The highest BCUT2D eigenvalue weighted by molar-refractivity contribution is 7.89. The van der Waals surface area contributed by atoms with Crippen LogP contribution in [-0.2, 0) is 19.6 Å². The molecule has 2 heterocycles. The third kappa shape index (κ3) is 3.91. The number of quaternary nitrogens is 1. The topological polar surface area (TPSA) is 79.2 Å².